The van der Waals surface area contributed by atoms with E-state index in [0.29, 0.717) is 0 Å². The Hall–Kier alpha value is -1.50. The Bertz CT molecular complexity index is 327. The monoisotopic (exact) mass is 187 g/mol. The van der Waals surface area contributed by atoms with Crippen LogP contribution in [-0.4, -0.2) is 0 Å². The van der Waals surface area contributed by atoms with Crippen LogP contribution >= 0.6 is 0 Å². The summed E-state index contributed by atoms with van der Waals surface area (Å²) in [6.45, 7) is 7.82. The normalized spacial score (nSPS) is 16.9. The van der Waals surface area contributed by atoms with E-state index in [9.17, 15) is 0 Å². The lowest BCUT2D eigenvalue weighted by Gasteiger charge is -2.10. The zero-order valence-corrected chi connectivity index (χ0v) is 8.88. The molecule has 0 unspecified atom stereocenters. The highest BCUT2D eigenvalue weighted by molar-refractivity contribution is 5.36. The third kappa shape index (κ3) is 3.09. The van der Waals surface area contributed by atoms with E-state index in [-0.39, 0.29) is 0 Å². The minimum atomic E-state index is 1.01. The fraction of sp³-hybridized carbons (Fsp3) is 0.231. The summed E-state index contributed by atoms with van der Waals surface area (Å²) in [6, 6.07) is 0. The molecule has 74 valence electrons. The van der Waals surface area contributed by atoms with Crippen molar-refractivity contribution in [3.63, 3.8) is 0 Å². The quantitative estimate of drug-likeness (QED) is 0.667. The van der Waals surface area contributed by atoms with E-state index in [1.54, 1.807) is 6.08 Å². The Morgan fingerprint density at radius 2 is 2.36 bits per heavy atom. The van der Waals surface area contributed by atoms with Gasteiger partial charge in [0.05, 0.1) is 0 Å². The standard InChI is InChI=1S/C13H17N/c1-4-8-12(3)14-13-10-7-5-6-9-11(13)2/h4-5,7-10,14H,1,6H2,2-3H3/b12-8+. The van der Waals surface area contributed by atoms with Gasteiger partial charge in [0.25, 0.3) is 0 Å². The number of allylic oxidation sites excluding steroid dienone is 8. The molecule has 1 heteroatoms. The van der Waals surface area contributed by atoms with Crippen molar-refractivity contribution < 1.29 is 0 Å². The van der Waals surface area contributed by atoms with Crippen molar-refractivity contribution in [1.82, 2.24) is 5.32 Å². The summed E-state index contributed by atoms with van der Waals surface area (Å²) in [4.78, 5) is 0. The molecule has 0 aliphatic heterocycles. The molecule has 1 nitrogen and oxygen atoms in total. The Kier molecular flexibility index (Phi) is 3.99. The molecule has 0 aromatic heterocycles. The minimum absolute atomic E-state index is 1.01. The number of nitrogens with one attached hydrogen (secondary N) is 1. The predicted octanol–water partition coefficient (Wildman–Crippen LogP) is 3.46. The molecule has 0 radical (unpaired) electrons. The molecule has 14 heavy (non-hydrogen) atoms. The average Bonchev–Trinajstić information content (AvgIpc) is 2.33. The lowest BCUT2D eigenvalue weighted by molar-refractivity contribution is 0.975. The van der Waals surface area contributed by atoms with E-state index in [2.05, 4.69) is 43.1 Å². The zero-order chi connectivity index (χ0) is 10.4. The third-order valence-corrected chi connectivity index (χ3v) is 2.08. The fourth-order valence-corrected chi connectivity index (χ4v) is 1.30. The van der Waals surface area contributed by atoms with Gasteiger partial charge in [0, 0.05) is 11.4 Å². The first-order valence-electron chi connectivity index (χ1n) is 4.84. The van der Waals surface area contributed by atoms with Crippen molar-refractivity contribution in [2.45, 2.75) is 20.3 Å². The molecule has 0 spiro atoms. The maximum Gasteiger partial charge on any atom is 0.0408 e. The highest BCUT2D eigenvalue weighted by Gasteiger charge is 2.00. The van der Waals surface area contributed by atoms with E-state index in [4.69, 9.17) is 0 Å². The topological polar surface area (TPSA) is 12.0 Å². The van der Waals surface area contributed by atoms with Gasteiger partial charge >= 0.3 is 0 Å². The van der Waals surface area contributed by atoms with Crippen LogP contribution in [0.2, 0.25) is 0 Å². The van der Waals surface area contributed by atoms with Crippen LogP contribution in [0.1, 0.15) is 20.3 Å². The molecule has 0 aromatic rings. The van der Waals surface area contributed by atoms with Crippen LogP contribution in [0.4, 0.5) is 0 Å². The smallest absolute Gasteiger partial charge is 0.0408 e. The highest BCUT2D eigenvalue weighted by atomic mass is 14.9. The molecule has 0 amide bonds. The van der Waals surface area contributed by atoms with Gasteiger partial charge in [-0.3, -0.25) is 0 Å². The molecule has 0 bridgehead atoms. The van der Waals surface area contributed by atoms with Crippen LogP contribution in [0.25, 0.3) is 0 Å². The molecular formula is C13H17N. The van der Waals surface area contributed by atoms with E-state index >= 15 is 0 Å². The van der Waals surface area contributed by atoms with Crippen molar-refractivity contribution >= 4 is 0 Å². The van der Waals surface area contributed by atoms with Gasteiger partial charge in [0.2, 0.25) is 0 Å². The molecule has 1 aliphatic rings. The molecule has 0 aromatic carbocycles. The van der Waals surface area contributed by atoms with Crippen molar-refractivity contribution in [2.24, 2.45) is 0 Å². The largest absolute Gasteiger partial charge is 0.359 e. The molecule has 0 saturated carbocycles. The van der Waals surface area contributed by atoms with Gasteiger partial charge in [0.1, 0.15) is 0 Å². The maximum absolute atomic E-state index is 3.67. The first-order chi connectivity index (χ1) is 6.74. The molecule has 1 aliphatic carbocycles. The summed E-state index contributed by atoms with van der Waals surface area (Å²) >= 11 is 0. The van der Waals surface area contributed by atoms with E-state index in [0.717, 1.165) is 17.8 Å². The lowest BCUT2D eigenvalue weighted by Crippen LogP contribution is -2.11. The second-order valence-electron chi connectivity index (χ2n) is 3.34. The fourth-order valence-electron chi connectivity index (χ4n) is 1.30. The van der Waals surface area contributed by atoms with Gasteiger partial charge in [-0.05, 0) is 38.0 Å². The first kappa shape index (κ1) is 10.6. The molecule has 0 saturated heterocycles. The molecule has 1 rings (SSSR count). The minimum Gasteiger partial charge on any atom is -0.359 e. The number of rotatable bonds is 3. The second-order valence-corrected chi connectivity index (χ2v) is 3.34. The summed E-state index contributed by atoms with van der Waals surface area (Å²) in [5.74, 6) is 0. The number of hydrogen-bond acceptors (Lipinski definition) is 1. The van der Waals surface area contributed by atoms with Gasteiger partial charge in [-0.25, -0.2) is 0 Å². The van der Waals surface area contributed by atoms with Crippen LogP contribution in [0.15, 0.2) is 60.0 Å². The Labute approximate surface area is 86.2 Å². The summed E-state index contributed by atoms with van der Waals surface area (Å²) < 4.78 is 0. The van der Waals surface area contributed by atoms with Gasteiger partial charge in [0.15, 0.2) is 0 Å². The lowest BCUT2D eigenvalue weighted by atomic mass is 10.2. The van der Waals surface area contributed by atoms with Crippen molar-refractivity contribution in [2.75, 3.05) is 0 Å². The van der Waals surface area contributed by atoms with Crippen molar-refractivity contribution in [1.29, 1.82) is 0 Å². The predicted molar refractivity (Wildman–Crippen MR) is 62.7 cm³/mol. The van der Waals surface area contributed by atoms with Gasteiger partial charge in [-0.1, -0.05) is 30.9 Å². The van der Waals surface area contributed by atoms with Gasteiger partial charge < -0.3 is 5.32 Å². The summed E-state index contributed by atoms with van der Waals surface area (Å²) in [6.07, 6.45) is 13.3. The summed E-state index contributed by atoms with van der Waals surface area (Å²) in [7, 11) is 0. The van der Waals surface area contributed by atoms with Crippen LogP contribution in [0.3, 0.4) is 0 Å². The van der Waals surface area contributed by atoms with Crippen LogP contribution < -0.4 is 5.32 Å². The average molecular weight is 187 g/mol. The highest BCUT2D eigenvalue weighted by Crippen LogP contribution is 2.12. The van der Waals surface area contributed by atoms with Gasteiger partial charge in [-0.2, -0.15) is 0 Å². The Balaban J connectivity index is 2.76. The van der Waals surface area contributed by atoms with E-state index in [1.165, 1.54) is 5.57 Å². The molecule has 0 heterocycles. The molecule has 0 atom stereocenters. The van der Waals surface area contributed by atoms with Crippen molar-refractivity contribution in [3.05, 3.63) is 60.0 Å². The van der Waals surface area contributed by atoms with Crippen LogP contribution in [0.5, 0.6) is 0 Å². The van der Waals surface area contributed by atoms with Crippen LogP contribution in [-0.2, 0) is 0 Å². The van der Waals surface area contributed by atoms with Crippen LogP contribution in [0, 0.1) is 0 Å². The third-order valence-electron chi connectivity index (χ3n) is 2.08. The Morgan fingerprint density at radius 3 is 3.07 bits per heavy atom. The summed E-state index contributed by atoms with van der Waals surface area (Å²) in [5.41, 5.74) is 3.55. The zero-order valence-electron chi connectivity index (χ0n) is 8.88. The maximum atomic E-state index is 3.67. The molecule has 1 N–H and O–H groups in total. The number of hydrogen-bond donors (Lipinski definition) is 1. The second kappa shape index (κ2) is 5.28. The first-order valence-corrected chi connectivity index (χ1v) is 4.84. The van der Waals surface area contributed by atoms with Crippen molar-refractivity contribution in [3.8, 4) is 0 Å². The molecule has 0 fully saturated rings. The Morgan fingerprint density at radius 1 is 1.57 bits per heavy atom. The van der Waals surface area contributed by atoms with E-state index in [1.807, 2.05) is 13.0 Å². The SMILES string of the molecule is C=C/C=C(\C)NC1=CC=CCC=C1C. The summed E-state index contributed by atoms with van der Waals surface area (Å²) in [5, 5.41) is 3.34. The van der Waals surface area contributed by atoms with E-state index < -0.39 is 0 Å². The molecular weight excluding hydrogens is 170 g/mol. The van der Waals surface area contributed by atoms with Gasteiger partial charge in [-0.15, -0.1) is 0 Å².